The standard InChI is InChI=1S/C22H29N3O3/c1-22(2,3)24-10-8-14(9-11-24)15-4-5-17-16(12-15)13-25(21(17)28)18-6-7-19(26)23-20(18)27/h4-5,12,14,18H,6-11,13H2,1-3H3,(H,23,26,27)/t18-/m1/s1/i8D2,9D2,10D2,11D2. The molecule has 2 saturated heterocycles. The maximum Gasteiger partial charge on any atom is 0.255 e. The third-order valence-electron chi connectivity index (χ3n) is 5.19. The van der Waals surface area contributed by atoms with E-state index in [2.05, 4.69) is 5.32 Å². The predicted molar refractivity (Wildman–Crippen MR) is 106 cm³/mol. The molecule has 3 amide bonds. The summed E-state index contributed by atoms with van der Waals surface area (Å²) >= 11 is 0. The van der Waals surface area contributed by atoms with Gasteiger partial charge in [0.1, 0.15) is 6.04 Å². The molecular weight excluding hydrogens is 354 g/mol. The molecule has 3 aliphatic rings. The number of benzene rings is 1. The summed E-state index contributed by atoms with van der Waals surface area (Å²) in [6.45, 7) is -1.31. The van der Waals surface area contributed by atoms with Crippen molar-refractivity contribution in [1.82, 2.24) is 15.1 Å². The molecule has 0 spiro atoms. The Morgan fingerprint density at radius 1 is 1.14 bits per heavy atom. The van der Waals surface area contributed by atoms with Gasteiger partial charge in [-0.15, -0.1) is 0 Å². The smallest absolute Gasteiger partial charge is 0.255 e. The Labute approximate surface area is 177 Å². The van der Waals surface area contributed by atoms with Gasteiger partial charge < -0.3 is 4.90 Å². The molecule has 28 heavy (non-hydrogen) atoms. The largest absolute Gasteiger partial charge is 0.322 e. The lowest BCUT2D eigenvalue weighted by Gasteiger charge is -2.41. The SMILES string of the molecule is [2H]C1([2H])C(c2ccc3c(c2)CN([C@@H]2CCC(=O)NC2=O)C3=O)C([2H])([2H])C([2H])([2H])N(C(C)(C)C)C1([2H])[2H]. The van der Waals surface area contributed by atoms with Gasteiger partial charge in [0.2, 0.25) is 11.8 Å². The van der Waals surface area contributed by atoms with E-state index in [1.165, 1.54) is 43.9 Å². The summed E-state index contributed by atoms with van der Waals surface area (Å²) in [7, 11) is 0. The van der Waals surface area contributed by atoms with E-state index < -0.39 is 61.0 Å². The first-order valence-corrected chi connectivity index (χ1v) is 9.34. The van der Waals surface area contributed by atoms with Gasteiger partial charge in [-0.2, -0.15) is 0 Å². The van der Waals surface area contributed by atoms with Crippen LogP contribution in [0.15, 0.2) is 18.2 Å². The molecule has 2 fully saturated rings. The zero-order valence-electron chi connectivity index (χ0n) is 24.1. The third-order valence-corrected chi connectivity index (χ3v) is 5.19. The van der Waals surface area contributed by atoms with Gasteiger partial charge in [-0.25, -0.2) is 0 Å². The number of likely N-dealkylation sites (tertiary alicyclic amines) is 1. The molecule has 6 heteroatoms. The Bertz CT molecular complexity index is 1120. The van der Waals surface area contributed by atoms with Crippen molar-refractivity contribution in [3.8, 4) is 0 Å². The lowest BCUT2D eigenvalue weighted by atomic mass is 9.86. The highest BCUT2D eigenvalue weighted by Crippen LogP contribution is 2.34. The van der Waals surface area contributed by atoms with Gasteiger partial charge in [-0.1, -0.05) is 12.1 Å². The van der Waals surface area contributed by atoms with Crippen LogP contribution in [-0.4, -0.2) is 52.1 Å². The number of hydrogen-bond acceptors (Lipinski definition) is 4. The molecule has 0 radical (unpaired) electrons. The number of carbonyl (C=O) groups is 3. The summed E-state index contributed by atoms with van der Waals surface area (Å²) in [5.41, 5.74) is -0.593. The number of carbonyl (C=O) groups excluding carboxylic acids is 3. The maximum absolute atomic E-state index is 13.0. The molecule has 0 unspecified atom stereocenters. The number of nitrogens with zero attached hydrogens (tertiary/aromatic N) is 2. The van der Waals surface area contributed by atoms with Crippen molar-refractivity contribution in [3.63, 3.8) is 0 Å². The van der Waals surface area contributed by atoms with Crippen LogP contribution in [0.5, 0.6) is 0 Å². The van der Waals surface area contributed by atoms with Gasteiger partial charge in [0.05, 0.1) is 0 Å². The molecular formula is C22H29N3O3. The highest BCUT2D eigenvalue weighted by atomic mass is 16.2. The molecule has 1 aromatic rings. The first kappa shape index (κ1) is 11.7. The van der Waals surface area contributed by atoms with Crippen LogP contribution < -0.4 is 5.32 Å². The van der Waals surface area contributed by atoms with E-state index in [4.69, 9.17) is 11.0 Å². The summed E-state index contributed by atoms with van der Waals surface area (Å²) in [5, 5.41) is 2.21. The van der Waals surface area contributed by atoms with E-state index >= 15 is 0 Å². The lowest BCUT2D eigenvalue weighted by molar-refractivity contribution is -0.136. The van der Waals surface area contributed by atoms with Crippen molar-refractivity contribution in [3.05, 3.63) is 34.9 Å². The van der Waals surface area contributed by atoms with Crippen LogP contribution in [0.3, 0.4) is 0 Å². The third kappa shape index (κ3) is 3.46. The molecule has 0 aromatic heterocycles. The van der Waals surface area contributed by atoms with Gasteiger partial charge in [0, 0.05) is 35.0 Å². The summed E-state index contributed by atoms with van der Waals surface area (Å²) in [4.78, 5) is 38.8. The van der Waals surface area contributed by atoms with Crippen LogP contribution in [0.25, 0.3) is 0 Å². The Morgan fingerprint density at radius 3 is 2.50 bits per heavy atom. The number of amides is 3. The second-order valence-electron chi connectivity index (χ2n) is 8.27. The van der Waals surface area contributed by atoms with E-state index in [0.717, 1.165) is 0 Å². The Morgan fingerprint density at radius 2 is 1.86 bits per heavy atom. The molecule has 1 aromatic carbocycles. The number of piperidine rings is 2. The van der Waals surface area contributed by atoms with Crippen LogP contribution in [0.4, 0.5) is 0 Å². The highest BCUT2D eigenvalue weighted by molar-refractivity contribution is 6.05. The van der Waals surface area contributed by atoms with Gasteiger partial charge in [-0.05, 0) is 76.0 Å². The topological polar surface area (TPSA) is 69.7 Å². The fourth-order valence-corrected chi connectivity index (χ4v) is 3.60. The van der Waals surface area contributed by atoms with Crippen LogP contribution in [0, 0.1) is 0 Å². The van der Waals surface area contributed by atoms with E-state index in [9.17, 15) is 14.4 Å². The van der Waals surface area contributed by atoms with Crippen LogP contribution >= 0.6 is 0 Å². The molecule has 6 nitrogen and oxygen atoms in total. The first-order valence-electron chi connectivity index (χ1n) is 13.3. The lowest BCUT2D eigenvalue weighted by Crippen LogP contribution is -2.52. The van der Waals surface area contributed by atoms with Crippen molar-refractivity contribution in [2.24, 2.45) is 0 Å². The van der Waals surface area contributed by atoms with Crippen LogP contribution in [0.1, 0.15) is 84.7 Å². The second-order valence-corrected chi connectivity index (χ2v) is 8.27. The van der Waals surface area contributed by atoms with Crippen LogP contribution in [-0.2, 0) is 16.1 Å². The van der Waals surface area contributed by atoms with Crippen LogP contribution in [0.2, 0.25) is 0 Å². The maximum atomic E-state index is 13.0. The molecule has 0 saturated carbocycles. The molecule has 3 aliphatic heterocycles. The van der Waals surface area contributed by atoms with Gasteiger partial charge in [0.25, 0.3) is 5.91 Å². The average Bonchev–Trinajstić information content (AvgIpc) is 3.01. The quantitative estimate of drug-likeness (QED) is 0.786. The van der Waals surface area contributed by atoms with E-state index in [1.807, 2.05) is 0 Å². The van der Waals surface area contributed by atoms with Crippen molar-refractivity contribution >= 4 is 17.7 Å². The monoisotopic (exact) mass is 391 g/mol. The average molecular weight is 392 g/mol. The molecule has 0 bridgehead atoms. The van der Waals surface area contributed by atoms with E-state index in [1.54, 1.807) is 0 Å². The summed E-state index contributed by atoms with van der Waals surface area (Å²) < 4.78 is 69.4. The zero-order valence-corrected chi connectivity index (χ0v) is 16.1. The minimum absolute atomic E-state index is 0.0167. The minimum Gasteiger partial charge on any atom is -0.322 e. The van der Waals surface area contributed by atoms with Gasteiger partial charge >= 0.3 is 0 Å². The first-order chi connectivity index (χ1) is 16.3. The number of imide groups is 1. The fraction of sp³-hybridized carbons (Fsp3) is 0.591. The summed E-state index contributed by atoms with van der Waals surface area (Å²) in [5.74, 6) is -3.31. The van der Waals surface area contributed by atoms with Crippen molar-refractivity contribution in [2.45, 2.75) is 70.4 Å². The van der Waals surface area contributed by atoms with Gasteiger partial charge in [0.15, 0.2) is 0 Å². The molecule has 1 atom stereocenters. The van der Waals surface area contributed by atoms with Crippen molar-refractivity contribution in [2.75, 3.05) is 13.0 Å². The molecule has 4 rings (SSSR count). The van der Waals surface area contributed by atoms with E-state index in [-0.39, 0.29) is 30.5 Å². The minimum atomic E-state index is -2.89. The normalized spacial score (nSPS) is 35.9. The number of rotatable bonds is 2. The number of nitrogens with one attached hydrogen (secondary N) is 1. The van der Waals surface area contributed by atoms with Crippen molar-refractivity contribution in [1.29, 1.82) is 0 Å². The Balaban J connectivity index is 1.77. The summed E-state index contributed by atoms with van der Waals surface area (Å²) in [6.07, 6.45) is -5.49. The van der Waals surface area contributed by atoms with E-state index in [0.29, 0.717) is 10.5 Å². The fourth-order valence-electron chi connectivity index (χ4n) is 3.60. The Kier molecular flexibility index (Phi) is 2.92. The molecule has 150 valence electrons. The molecule has 1 N–H and O–H groups in total. The summed E-state index contributed by atoms with van der Waals surface area (Å²) in [6, 6.07) is 3.25. The Hall–Kier alpha value is -2.21. The molecule has 0 aliphatic carbocycles. The number of fused-ring (bicyclic) bond motifs is 1. The predicted octanol–water partition coefficient (Wildman–Crippen LogP) is 2.43. The second kappa shape index (κ2) is 6.99. The van der Waals surface area contributed by atoms with Gasteiger partial charge in [-0.3, -0.25) is 24.6 Å². The zero-order chi connectivity index (χ0) is 27.2. The number of hydrogen-bond donors (Lipinski definition) is 1. The molecule has 3 heterocycles. The highest BCUT2D eigenvalue weighted by Gasteiger charge is 2.39. The van der Waals surface area contributed by atoms with Crippen molar-refractivity contribution < 1.29 is 25.3 Å².